The molecule has 18 heteroatoms. The maximum absolute atomic E-state index is 12.5. The van der Waals surface area contributed by atoms with Crippen LogP contribution in [0.5, 0.6) is 0 Å². The standard InChI is InChI=1S/C41H69NO17/c1-42-25(23-28(45)46)30(47)29(38(42)53)26(44)21-19-17-15-13-11-9-7-5-3-2-4-6-8-10-12-14-16-18-20-22-56-40-35(52)33(50)36(37(59-40)39(54)55)58-41-34(51)32(49)31(48)27(24-43)57-41/h25,27,31-37,40-41,43,47-52H,2-24H2,1H3,(H,45,46)(H,54,55)/t25-,27-,31+,32+,33-,34-,35-,36+,37+,40-,41+/m1/s1. The fraction of sp³-hybridized carbons (Fsp3) is 0.854. The van der Waals surface area contributed by atoms with Gasteiger partial charge in [0.2, 0.25) is 0 Å². The second-order valence-corrected chi connectivity index (χ2v) is 16.1. The van der Waals surface area contributed by atoms with E-state index in [9.17, 15) is 60.0 Å². The Balaban J connectivity index is 1.11. The summed E-state index contributed by atoms with van der Waals surface area (Å²) in [4.78, 5) is 48.9. The number of aliphatic carboxylic acids is 2. The quantitative estimate of drug-likeness (QED) is 0.0370. The fourth-order valence-corrected chi connectivity index (χ4v) is 7.82. The van der Waals surface area contributed by atoms with Crippen LogP contribution in [-0.2, 0) is 38.1 Å². The highest BCUT2D eigenvalue weighted by molar-refractivity contribution is 6.21. The highest BCUT2D eigenvalue weighted by Crippen LogP contribution is 2.31. The first-order valence-corrected chi connectivity index (χ1v) is 21.5. The van der Waals surface area contributed by atoms with Gasteiger partial charge in [-0.25, -0.2) is 4.79 Å². The van der Waals surface area contributed by atoms with Crippen LogP contribution in [0, 0.1) is 0 Å². The maximum atomic E-state index is 12.5. The number of nitrogens with zero attached hydrogens (tertiary/aromatic N) is 1. The van der Waals surface area contributed by atoms with Gasteiger partial charge in [0.15, 0.2) is 24.5 Å². The lowest BCUT2D eigenvalue weighted by Crippen LogP contribution is -2.65. The van der Waals surface area contributed by atoms with Crippen LogP contribution in [0.4, 0.5) is 0 Å². The second-order valence-electron chi connectivity index (χ2n) is 16.1. The Morgan fingerprint density at radius 3 is 1.59 bits per heavy atom. The third-order valence-electron chi connectivity index (χ3n) is 11.5. The Kier molecular flexibility index (Phi) is 22.7. The molecule has 3 rings (SSSR count). The number of aliphatic hydroxyl groups excluding tert-OH is 7. The van der Waals surface area contributed by atoms with Crippen molar-refractivity contribution < 1.29 is 84.1 Å². The number of carboxylic acids is 2. The number of amides is 1. The molecule has 0 aliphatic carbocycles. The maximum Gasteiger partial charge on any atom is 0.335 e. The first-order chi connectivity index (χ1) is 28.2. The van der Waals surface area contributed by atoms with Crippen LogP contribution in [-0.4, -0.2) is 162 Å². The van der Waals surface area contributed by atoms with Gasteiger partial charge in [-0.3, -0.25) is 14.4 Å². The van der Waals surface area contributed by atoms with E-state index < -0.39 is 110 Å². The van der Waals surface area contributed by atoms with E-state index in [0.717, 1.165) is 56.3 Å². The van der Waals surface area contributed by atoms with Gasteiger partial charge >= 0.3 is 11.9 Å². The Morgan fingerprint density at radius 1 is 0.644 bits per heavy atom. The highest BCUT2D eigenvalue weighted by Gasteiger charge is 2.53. The molecule has 3 aliphatic heterocycles. The molecule has 0 saturated carbocycles. The molecule has 0 bridgehead atoms. The Labute approximate surface area is 346 Å². The molecule has 2 saturated heterocycles. The van der Waals surface area contributed by atoms with E-state index in [1.165, 1.54) is 64.8 Å². The number of ketones is 1. The zero-order valence-corrected chi connectivity index (χ0v) is 34.4. The van der Waals surface area contributed by atoms with Crippen molar-refractivity contribution in [1.82, 2.24) is 4.90 Å². The molecule has 0 aromatic carbocycles. The van der Waals surface area contributed by atoms with Gasteiger partial charge in [-0.2, -0.15) is 0 Å². The summed E-state index contributed by atoms with van der Waals surface area (Å²) in [5.41, 5.74) is -0.265. The van der Waals surface area contributed by atoms with Crippen molar-refractivity contribution in [2.75, 3.05) is 20.3 Å². The van der Waals surface area contributed by atoms with E-state index in [4.69, 9.17) is 24.1 Å². The monoisotopic (exact) mass is 847 g/mol. The number of Topliss-reactive ketones (excluding diaryl/α,β-unsaturated/α-hetero) is 1. The van der Waals surface area contributed by atoms with E-state index >= 15 is 0 Å². The summed E-state index contributed by atoms with van der Waals surface area (Å²) in [7, 11) is 1.39. The van der Waals surface area contributed by atoms with Crippen molar-refractivity contribution in [2.24, 2.45) is 0 Å². The zero-order valence-electron chi connectivity index (χ0n) is 34.4. The lowest BCUT2D eigenvalue weighted by molar-refractivity contribution is -0.354. The number of unbranched alkanes of at least 4 members (excludes halogenated alkanes) is 18. The summed E-state index contributed by atoms with van der Waals surface area (Å²) in [5, 5.41) is 89.9. The summed E-state index contributed by atoms with van der Waals surface area (Å²) >= 11 is 0. The molecule has 0 spiro atoms. The smallest absolute Gasteiger partial charge is 0.335 e. The van der Waals surface area contributed by atoms with Crippen LogP contribution in [0.2, 0.25) is 0 Å². The van der Waals surface area contributed by atoms with E-state index in [1.54, 1.807) is 0 Å². The predicted molar refractivity (Wildman–Crippen MR) is 209 cm³/mol. The molecule has 3 aliphatic rings. The average molecular weight is 848 g/mol. The van der Waals surface area contributed by atoms with Crippen LogP contribution in [0.25, 0.3) is 0 Å². The van der Waals surface area contributed by atoms with Gasteiger partial charge in [-0.15, -0.1) is 0 Å². The summed E-state index contributed by atoms with van der Waals surface area (Å²) in [5.74, 6) is -4.15. The van der Waals surface area contributed by atoms with Crippen molar-refractivity contribution in [1.29, 1.82) is 0 Å². The summed E-state index contributed by atoms with van der Waals surface area (Å²) in [6.45, 7) is -0.569. The molecule has 1 amide bonds. The summed E-state index contributed by atoms with van der Waals surface area (Å²) in [6.07, 6.45) is 3.29. The molecule has 3 heterocycles. The van der Waals surface area contributed by atoms with E-state index in [2.05, 4.69) is 0 Å². The Hall–Kier alpha value is -2.78. The van der Waals surface area contributed by atoms with Crippen molar-refractivity contribution in [3.05, 3.63) is 11.3 Å². The lowest BCUT2D eigenvalue weighted by Gasteiger charge is -2.45. The lowest BCUT2D eigenvalue weighted by atomic mass is 9.97. The van der Waals surface area contributed by atoms with Gasteiger partial charge in [0.25, 0.3) is 5.91 Å². The number of hydrogen-bond donors (Lipinski definition) is 9. The van der Waals surface area contributed by atoms with E-state index in [0.29, 0.717) is 12.8 Å². The van der Waals surface area contributed by atoms with Gasteiger partial charge in [-0.1, -0.05) is 109 Å². The summed E-state index contributed by atoms with van der Waals surface area (Å²) in [6, 6.07) is -0.987. The molecule has 340 valence electrons. The molecule has 0 aromatic rings. The minimum atomic E-state index is -1.84. The number of aliphatic hydroxyl groups is 7. The van der Waals surface area contributed by atoms with Gasteiger partial charge in [0.05, 0.1) is 13.0 Å². The number of carbonyl (C=O) groups is 4. The third-order valence-corrected chi connectivity index (χ3v) is 11.5. The molecule has 9 N–H and O–H groups in total. The molecule has 0 radical (unpaired) electrons. The van der Waals surface area contributed by atoms with Crippen LogP contribution in [0.3, 0.4) is 0 Å². The number of ether oxygens (including phenoxy) is 4. The van der Waals surface area contributed by atoms with Crippen molar-refractivity contribution >= 4 is 23.6 Å². The Bertz CT molecular complexity index is 1330. The van der Waals surface area contributed by atoms with Gasteiger partial charge in [0, 0.05) is 20.1 Å². The topological polar surface area (TPSA) is 291 Å². The highest BCUT2D eigenvalue weighted by atomic mass is 16.7. The van der Waals surface area contributed by atoms with Gasteiger partial charge < -0.3 is 69.8 Å². The largest absolute Gasteiger partial charge is 0.509 e. The Morgan fingerprint density at radius 2 is 1.12 bits per heavy atom. The van der Waals surface area contributed by atoms with Crippen molar-refractivity contribution in [3.8, 4) is 0 Å². The third kappa shape index (κ3) is 15.6. The van der Waals surface area contributed by atoms with Crippen LogP contribution in [0.15, 0.2) is 11.3 Å². The molecular formula is C41H69NO17. The molecular weight excluding hydrogens is 778 g/mol. The molecule has 11 atom stereocenters. The van der Waals surface area contributed by atoms with Crippen LogP contribution in [0.1, 0.15) is 135 Å². The van der Waals surface area contributed by atoms with Gasteiger partial charge in [-0.05, 0) is 12.8 Å². The predicted octanol–water partition coefficient (Wildman–Crippen LogP) is 2.22. The SMILES string of the molecule is CN1C(=O)C(C(=O)CCCCCCCCCCCCCCCCCCCCCO[C@@H]2O[C@H](C(=O)O)[C@@H](O[C@@H]3O[C@H](CO)[C@H](O)[C@H](O)[C@H]3O)[C@H](O)[C@H]2O)=C(O)[C@H]1CC(=O)O. The van der Waals surface area contributed by atoms with E-state index in [-0.39, 0.29) is 18.6 Å². The number of carboxylic acid groups (broad SMARTS) is 2. The first-order valence-electron chi connectivity index (χ1n) is 21.5. The van der Waals surface area contributed by atoms with Gasteiger partial charge in [0.1, 0.15) is 60.1 Å². The summed E-state index contributed by atoms with van der Waals surface area (Å²) < 4.78 is 21.6. The molecule has 2 fully saturated rings. The molecule has 0 unspecified atom stereocenters. The number of carbonyl (C=O) groups excluding carboxylic acids is 2. The normalized spacial score (nSPS) is 30.0. The van der Waals surface area contributed by atoms with Crippen LogP contribution < -0.4 is 0 Å². The fourth-order valence-electron chi connectivity index (χ4n) is 7.82. The minimum Gasteiger partial charge on any atom is -0.509 e. The van der Waals surface area contributed by atoms with Crippen molar-refractivity contribution in [3.63, 3.8) is 0 Å². The number of rotatable bonds is 30. The zero-order chi connectivity index (χ0) is 43.5. The molecule has 0 aromatic heterocycles. The molecule has 18 nitrogen and oxygen atoms in total. The second kappa shape index (κ2) is 26.5. The minimum absolute atomic E-state index is 0.164. The van der Waals surface area contributed by atoms with Crippen molar-refractivity contribution in [2.45, 2.75) is 202 Å². The van der Waals surface area contributed by atoms with Crippen LogP contribution >= 0.6 is 0 Å². The molecule has 59 heavy (non-hydrogen) atoms. The van der Waals surface area contributed by atoms with E-state index in [1.807, 2.05) is 0 Å². The number of likely N-dealkylation sites (N-methyl/N-ethyl adjacent to an activating group) is 1. The average Bonchev–Trinajstić information content (AvgIpc) is 3.41. The first kappa shape index (κ1) is 50.6. The number of hydrogen-bond acceptors (Lipinski definition) is 15.